The average Bonchev–Trinajstić information content (AvgIpc) is 2.48. The molecule has 1 rings (SSSR count). The minimum atomic E-state index is -0.581. The van der Waals surface area contributed by atoms with E-state index in [1.807, 2.05) is 20.8 Å². The minimum Gasteiger partial charge on any atom is -0.338 e. The number of amides is 1. The van der Waals surface area contributed by atoms with Gasteiger partial charge >= 0.3 is 0 Å². The lowest BCUT2D eigenvalue weighted by molar-refractivity contribution is -0.119. The number of nitrogens with two attached hydrogens (primary N) is 1. The zero-order valence-corrected chi connectivity index (χ0v) is 9.50. The molecule has 1 amide bonds. The molecule has 1 heterocycles. The van der Waals surface area contributed by atoms with Gasteiger partial charge in [-0.15, -0.1) is 0 Å². The van der Waals surface area contributed by atoms with Crippen LogP contribution in [0.4, 0.5) is 5.88 Å². The molecular formula is C10H17N3O2. The summed E-state index contributed by atoms with van der Waals surface area (Å²) in [7, 11) is 0. The summed E-state index contributed by atoms with van der Waals surface area (Å²) in [5, 5.41) is 6.24. The Morgan fingerprint density at radius 3 is 2.60 bits per heavy atom. The maximum atomic E-state index is 11.6. The topological polar surface area (TPSA) is 81.2 Å². The van der Waals surface area contributed by atoms with E-state index in [9.17, 15) is 4.79 Å². The number of nitrogens with zero attached hydrogens (tertiary/aromatic N) is 1. The van der Waals surface area contributed by atoms with Gasteiger partial charge in [0.25, 0.3) is 0 Å². The average molecular weight is 211 g/mol. The molecule has 5 nitrogen and oxygen atoms in total. The van der Waals surface area contributed by atoms with Gasteiger partial charge in [0, 0.05) is 6.07 Å². The molecule has 1 atom stereocenters. The predicted octanol–water partition coefficient (Wildman–Crippen LogP) is 1.29. The molecule has 0 spiro atoms. The highest BCUT2D eigenvalue weighted by molar-refractivity contribution is 5.94. The van der Waals surface area contributed by atoms with E-state index in [0.29, 0.717) is 5.88 Å². The molecule has 5 heteroatoms. The molecule has 0 aliphatic carbocycles. The van der Waals surface area contributed by atoms with E-state index >= 15 is 0 Å². The lowest BCUT2D eigenvalue weighted by Crippen LogP contribution is -2.45. The normalized spacial score (nSPS) is 13.7. The van der Waals surface area contributed by atoms with Gasteiger partial charge in [0.1, 0.15) is 0 Å². The number of carbonyl (C=O) groups excluding carboxylic acids is 1. The van der Waals surface area contributed by atoms with Gasteiger partial charge in [0.15, 0.2) is 0 Å². The minimum absolute atomic E-state index is 0.265. The van der Waals surface area contributed by atoms with Crippen molar-refractivity contribution in [2.24, 2.45) is 11.1 Å². The molecule has 3 N–H and O–H groups in total. The van der Waals surface area contributed by atoms with Crippen LogP contribution in [0.5, 0.6) is 0 Å². The van der Waals surface area contributed by atoms with Gasteiger partial charge in [-0.1, -0.05) is 25.9 Å². The number of anilines is 1. The van der Waals surface area contributed by atoms with Crippen LogP contribution in [-0.4, -0.2) is 17.1 Å². The Morgan fingerprint density at radius 2 is 2.20 bits per heavy atom. The van der Waals surface area contributed by atoms with E-state index in [4.69, 9.17) is 10.3 Å². The molecule has 0 aliphatic rings. The van der Waals surface area contributed by atoms with Gasteiger partial charge in [0.05, 0.1) is 11.7 Å². The second-order valence-corrected chi connectivity index (χ2v) is 4.67. The Kier molecular flexibility index (Phi) is 3.14. The number of hydrogen-bond acceptors (Lipinski definition) is 4. The van der Waals surface area contributed by atoms with Crippen LogP contribution in [0.15, 0.2) is 10.6 Å². The van der Waals surface area contributed by atoms with Gasteiger partial charge in [-0.2, -0.15) is 0 Å². The number of hydrogen-bond donors (Lipinski definition) is 2. The summed E-state index contributed by atoms with van der Waals surface area (Å²) in [6.45, 7) is 7.50. The van der Waals surface area contributed by atoms with Crippen molar-refractivity contribution in [2.45, 2.75) is 33.7 Å². The molecule has 1 unspecified atom stereocenters. The number of carbonyl (C=O) groups is 1. The standard InChI is InChI=1S/C10H17N3O2/c1-6-5-7(15-13-6)12-9(14)8(11)10(2,3)4/h5,8H,11H2,1-4H3,(H,12,14). The first kappa shape index (κ1) is 11.7. The van der Waals surface area contributed by atoms with Crippen molar-refractivity contribution < 1.29 is 9.32 Å². The first-order valence-corrected chi connectivity index (χ1v) is 4.80. The molecule has 1 aromatic heterocycles. The Morgan fingerprint density at radius 1 is 1.60 bits per heavy atom. The highest BCUT2D eigenvalue weighted by Gasteiger charge is 2.27. The van der Waals surface area contributed by atoms with Crippen molar-refractivity contribution >= 4 is 11.8 Å². The molecule has 1 aromatic rings. The highest BCUT2D eigenvalue weighted by Crippen LogP contribution is 2.19. The van der Waals surface area contributed by atoms with Gasteiger partial charge in [0.2, 0.25) is 11.8 Å². The Bertz CT molecular complexity index is 352. The van der Waals surface area contributed by atoms with Crippen molar-refractivity contribution in [1.82, 2.24) is 5.16 Å². The van der Waals surface area contributed by atoms with E-state index in [1.165, 1.54) is 0 Å². The summed E-state index contributed by atoms with van der Waals surface area (Å²) in [4.78, 5) is 11.6. The summed E-state index contributed by atoms with van der Waals surface area (Å²) in [6, 6.07) is 1.07. The monoisotopic (exact) mass is 211 g/mol. The predicted molar refractivity (Wildman–Crippen MR) is 57.3 cm³/mol. The van der Waals surface area contributed by atoms with Crippen LogP contribution >= 0.6 is 0 Å². The molecule has 15 heavy (non-hydrogen) atoms. The van der Waals surface area contributed by atoms with E-state index < -0.39 is 6.04 Å². The molecule has 0 aromatic carbocycles. The van der Waals surface area contributed by atoms with Crippen molar-refractivity contribution in [3.63, 3.8) is 0 Å². The van der Waals surface area contributed by atoms with Gasteiger partial charge < -0.3 is 10.3 Å². The second-order valence-electron chi connectivity index (χ2n) is 4.67. The first-order valence-electron chi connectivity index (χ1n) is 4.80. The summed E-state index contributed by atoms with van der Waals surface area (Å²) >= 11 is 0. The molecule has 84 valence electrons. The Balaban J connectivity index is 2.64. The number of aromatic nitrogens is 1. The van der Waals surface area contributed by atoms with Crippen molar-refractivity contribution in [3.05, 3.63) is 11.8 Å². The molecular weight excluding hydrogens is 194 g/mol. The third-order valence-electron chi connectivity index (χ3n) is 2.09. The van der Waals surface area contributed by atoms with E-state index in [0.717, 1.165) is 5.69 Å². The Hall–Kier alpha value is -1.36. The van der Waals surface area contributed by atoms with Gasteiger partial charge in [-0.3, -0.25) is 10.1 Å². The lowest BCUT2D eigenvalue weighted by atomic mass is 9.87. The smallest absolute Gasteiger partial charge is 0.244 e. The van der Waals surface area contributed by atoms with Gasteiger partial charge in [-0.05, 0) is 12.3 Å². The SMILES string of the molecule is Cc1cc(NC(=O)C(N)C(C)(C)C)on1. The van der Waals surface area contributed by atoms with Crippen LogP contribution < -0.4 is 11.1 Å². The fourth-order valence-corrected chi connectivity index (χ4v) is 1.01. The van der Waals surface area contributed by atoms with E-state index in [-0.39, 0.29) is 11.3 Å². The highest BCUT2D eigenvalue weighted by atomic mass is 16.5. The summed E-state index contributed by atoms with van der Waals surface area (Å²) in [5.74, 6) is 0.0656. The zero-order chi connectivity index (χ0) is 11.6. The molecule has 0 saturated heterocycles. The first-order chi connectivity index (χ1) is 6.80. The van der Waals surface area contributed by atoms with Crippen LogP contribution in [0, 0.1) is 12.3 Å². The van der Waals surface area contributed by atoms with E-state index in [2.05, 4.69) is 10.5 Å². The molecule has 0 aliphatic heterocycles. The van der Waals surface area contributed by atoms with Crippen LogP contribution in [0.1, 0.15) is 26.5 Å². The third-order valence-corrected chi connectivity index (χ3v) is 2.09. The van der Waals surface area contributed by atoms with Crippen LogP contribution in [-0.2, 0) is 4.79 Å². The fourth-order valence-electron chi connectivity index (χ4n) is 1.01. The maximum Gasteiger partial charge on any atom is 0.244 e. The van der Waals surface area contributed by atoms with Crippen LogP contribution in [0.2, 0.25) is 0 Å². The molecule has 0 radical (unpaired) electrons. The molecule has 0 saturated carbocycles. The lowest BCUT2D eigenvalue weighted by Gasteiger charge is -2.25. The van der Waals surface area contributed by atoms with Crippen molar-refractivity contribution in [2.75, 3.05) is 5.32 Å². The summed E-state index contributed by atoms with van der Waals surface area (Å²) in [6.07, 6.45) is 0. The summed E-state index contributed by atoms with van der Waals surface area (Å²) < 4.78 is 4.86. The molecule has 0 fully saturated rings. The zero-order valence-electron chi connectivity index (χ0n) is 9.50. The number of nitrogens with one attached hydrogen (secondary N) is 1. The second kappa shape index (κ2) is 4.02. The van der Waals surface area contributed by atoms with Crippen molar-refractivity contribution in [1.29, 1.82) is 0 Å². The van der Waals surface area contributed by atoms with Gasteiger partial charge in [-0.25, -0.2) is 0 Å². The quantitative estimate of drug-likeness (QED) is 0.772. The maximum absolute atomic E-state index is 11.6. The van der Waals surface area contributed by atoms with Crippen LogP contribution in [0.25, 0.3) is 0 Å². The van der Waals surface area contributed by atoms with Crippen LogP contribution in [0.3, 0.4) is 0 Å². The molecule has 0 bridgehead atoms. The number of rotatable bonds is 2. The Labute approximate surface area is 89.0 Å². The van der Waals surface area contributed by atoms with Crippen molar-refractivity contribution in [3.8, 4) is 0 Å². The van der Waals surface area contributed by atoms with E-state index in [1.54, 1.807) is 13.0 Å². The summed E-state index contributed by atoms with van der Waals surface area (Å²) in [5.41, 5.74) is 6.21. The fraction of sp³-hybridized carbons (Fsp3) is 0.600. The number of aryl methyl sites for hydroxylation is 1. The third kappa shape index (κ3) is 3.06. The largest absolute Gasteiger partial charge is 0.338 e.